The minimum absolute atomic E-state index is 0.189. The predicted octanol–water partition coefficient (Wildman–Crippen LogP) is 3.83. The zero-order valence-corrected chi connectivity index (χ0v) is 11.1. The van der Waals surface area contributed by atoms with Crippen molar-refractivity contribution in [3.63, 3.8) is 0 Å². The molecule has 0 amide bonds. The molecular weight excluding hydrogens is 267 g/mol. The summed E-state index contributed by atoms with van der Waals surface area (Å²) in [5.41, 5.74) is 0.671. The van der Waals surface area contributed by atoms with Crippen LogP contribution in [0.2, 0.25) is 0 Å². The van der Waals surface area contributed by atoms with Crippen LogP contribution in [0.25, 0.3) is 0 Å². The first-order chi connectivity index (χ1) is 9.54. The minimum atomic E-state index is -4.16. The van der Waals surface area contributed by atoms with Gasteiger partial charge in [0.15, 0.2) is 0 Å². The van der Waals surface area contributed by atoms with Gasteiger partial charge in [-0.25, -0.2) is 0 Å². The van der Waals surface area contributed by atoms with Crippen LogP contribution < -0.4 is 10.1 Å². The SMILES string of the molecule is FC(F)(F)C1CCCNC1c1cccc(OC2CC2)c1. The normalized spacial score (nSPS) is 27.4. The number of rotatable bonds is 3. The highest BCUT2D eigenvalue weighted by Crippen LogP contribution is 2.41. The molecule has 0 radical (unpaired) electrons. The maximum Gasteiger partial charge on any atom is 0.393 e. The number of benzene rings is 1. The van der Waals surface area contributed by atoms with Crippen molar-refractivity contribution in [1.82, 2.24) is 5.32 Å². The minimum Gasteiger partial charge on any atom is -0.490 e. The Hall–Kier alpha value is -1.23. The molecule has 3 rings (SSSR count). The molecule has 2 fully saturated rings. The summed E-state index contributed by atoms with van der Waals surface area (Å²) in [4.78, 5) is 0. The molecule has 5 heteroatoms. The van der Waals surface area contributed by atoms with E-state index in [0.717, 1.165) is 12.8 Å². The Bertz CT molecular complexity index is 470. The Kier molecular flexibility index (Phi) is 3.63. The van der Waals surface area contributed by atoms with E-state index >= 15 is 0 Å². The third kappa shape index (κ3) is 3.08. The molecule has 1 N–H and O–H groups in total. The van der Waals surface area contributed by atoms with Crippen LogP contribution in [-0.4, -0.2) is 18.8 Å². The van der Waals surface area contributed by atoms with E-state index in [9.17, 15) is 13.2 Å². The number of piperidine rings is 1. The van der Waals surface area contributed by atoms with Gasteiger partial charge in [-0.2, -0.15) is 13.2 Å². The second-order valence-electron chi connectivity index (χ2n) is 5.61. The van der Waals surface area contributed by atoms with E-state index < -0.39 is 18.1 Å². The summed E-state index contributed by atoms with van der Waals surface area (Å²) in [7, 11) is 0. The standard InChI is InChI=1S/C15H18F3NO/c16-15(17,18)13-5-2-8-19-14(13)10-3-1-4-12(9-10)20-11-6-7-11/h1,3-4,9,11,13-14,19H,2,5-8H2. The van der Waals surface area contributed by atoms with Crippen LogP contribution in [0, 0.1) is 5.92 Å². The van der Waals surface area contributed by atoms with E-state index in [1.807, 2.05) is 6.07 Å². The lowest BCUT2D eigenvalue weighted by Gasteiger charge is -2.34. The van der Waals surface area contributed by atoms with E-state index in [4.69, 9.17) is 4.74 Å². The van der Waals surface area contributed by atoms with Crippen molar-refractivity contribution in [3.05, 3.63) is 29.8 Å². The molecule has 0 bridgehead atoms. The molecule has 2 atom stereocenters. The van der Waals surface area contributed by atoms with E-state index in [2.05, 4.69) is 5.32 Å². The van der Waals surface area contributed by atoms with Crippen LogP contribution >= 0.6 is 0 Å². The molecule has 2 unspecified atom stereocenters. The number of hydrogen-bond acceptors (Lipinski definition) is 2. The van der Waals surface area contributed by atoms with Gasteiger partial charge in [-0.1, -0.05) is 12.1 Å². The summed E-state index contributed by atoms with van der Waals surface area (Å²) in [5, 5.41) is 3.01. The van der Waals surface area contributed by atoms with E-state index in [1.165, 1.54) is 0 Å². The molecule has 2 aliphatic rings. The summed E-state index contributed by atoms with van der Waals surface area (Å²) in [6.07, 6.45) is -1.07. The maximum absolute atomic E-state index is 13.1. The Labute approximate surface area is 116 Å². The lowest BCUT2D eigenvalue weighted by atomic mass is 9.86. The molecular formula is C15H18F3NO. The van der Waals surface area contributed by atoms with Crippen LogP contribution in [0.15, 0.2) is 24.3 Å². The van der Waals surface area contributed by atoms with Crippen molar-refractivity contribution in [3.8, 4) is 5.75 Å². The van der Waals surface area contributed by atoms with Gasteiger partial charge < -0.3 is 10.1 Å². The fraction of sp³-hybridized carbons (Fsp3) is 0.600. The number of halogens is 3. The molecule has 1 aromatic rings. The third-order valence-corrected chi connectivity index (χ3v) is 3.92. The molecule has 110 valence electrons. The topological polar surface area (TPSA) is 21.3 Å². The van der Waals surface area contributed by atoms with Gasteiger partial charge in [0.2, 0.25) is 0 Å². The average Bonchev–Trinajstić information content (AvgIpc) is 3.22. The highest BCUT2D eigenvalue weighted by molar-refractivity contribution is 5.32. The Morgan fingerprint density at radius 1 is 1.15 bits per heavy atom. The molecule has 2 nitrogen and oxygen atoms in total. The Balaban J connectivity index is 1.81. The number of nitrogens with one attached hydrogen (secondary N) is 1. The van der Waals surface area contributed by atoms with Crippen molar-refractivity contribution in [2.24, 2.45) is 5.92 Å². The van der Waals surface area contributed by atoms with Gasteiger partial charge in [0.25, 0.3) is 0 Å². The van der Waals surface area contributed by atoms with Crippen LogP contribution in [0.1, 0.15) is 37.3 Å². The third-order valence-electron chi connectivity index (χ3n) is 3.92. The highest BCUT2D eigenvalue weighted by atomic mass is 19.4. The summed E-state index contributed by atoms with van der Waals surface area (Å²) in [6.45, 7) is 0.630. The zero-order chi connectivity index (χ0) is 14.2. The average molecular weight is 285 g/mol. The fourth-order valence-electron chi connectivity index (χ4n) is 2.75. The highest BCUT2D eigenvalue weighted by Gasteiger charge is 2.46. The van der Waals surface area contributed by atoms with Crippen molar-refractivity contribution < 1.29 is 17.9 Å². The van der Waals surface area contributed by atoms with Crippen LogP contribution in [0.4, 0.5) is 13.2 Å². The van der Waals surface area contributed by atoms with Crippen LogP contribution in [-0.2, 0) is 0 Å². The van der Waals surface area contributed by atoms with Gasteiger partial charge in [0.1, 0.15) is 5.75 Å². The van der Waals surface area contributed by atoms with E-state index in [-0.39, 0.29) is 12.5 Å². The molecule has 1 heterocycles. The summed E-state index contributed by atoms with van der Waals surface area (Å²) in [5.74, 6) is -0.634. The van der Waals surface area contributed by atoms with Crippen molar-refractivity contribution in [1.29, 1.82) is 0 Å². The van der Waals surface area contributed by atoms with Gasteiger partial charge >= 0.3 is 6.18 Å². The Morgan fingerprint density at radius 2 is 1.95 bits per heavy atom. The zero-order valence-electron chi connectivity index (χ0n) is 11.1. The second-order valence-corrected chi connectivity index (χ2v) is 5.61. The maximum atomic E-state index is 13.1. The monoisotopic (exact) mass is 285 g/mol. The quantitative estimate of drug-likeness (QED) is 0.911. The first-order valence-electron chi connectivity index (χ1n) is 7.11. The van der Waals surface area contributed by atoms with Crippen LogP contribution in [0.5, 0.6) is 5.75 Å². The first-order valence-corrected chi connectivity index (χ1v) is 7.11. The molecule has 1 aromatic carbocycles. The predicted molar refractivity (Wildman–Crippen MR) is 69.6 cm³/mol. The second kappa shape index (κ2) is 5.28. The smallest absolute Gasteiger partial charge is 0.393 e. The number of hydrogen-bond donors (Lipinski definition) is 1. The molecule has 1 aliphatic heterocycles. The number of alkyl halides is 3. The lowest BCUT2D eigenvalue weighted by Crippen LogP contribution is -2.41. The van der Waals surface area contributed by atoms with E-state index in [0.29, 0.717) is 24.3 Å². The molecule has 1 saturated heterocycles. The molecule has 1 saturated carbocycles. The van der Waals surface area contributed by atoms with Gasteiger partial charge in [-0.05, 0) is 49.9 Å². The van der Waals surface area contributed by atoms with Gasteiger partial charge in [0, 0.05) is 6.04 Å². The summed E-state index contributed by atoms with van der Waals surface area (Å²) >= 11 is 0. The first kappa shape index (κ1) is 13.7. The fourth-order valence-corrected chi connectivity index (χ4v) is 2.75. The van der Waals surface area contributed by atoms with Gasteiger partial charge in [-0.3, -0.25) is 0 Å². The summed E-state index contributed by atoms with van der Waals surface area (Å²) < 4.78 is 45.0. The van der Waals surface area contributed by atoms with Gasteiger partial charge in [-0.15, -0.1) is 0 Å². The van der Waals surface area contributed by atoms with Crippen molar-refractivity contribution in [2.45, 2.75) is 44.0 Å². The lowest BCUT2D eigenvalue weighted by molar-refractivity contribution is -0.189. The number of ether oxygens (including phenoxy) is 1. The van der Waals surface area contributed by atoms with Crippen molar-refractivity contribution >= 4 is 0 Å². The van der Waals surface area contributed by atoms with Gasteiger partial charge in [0.05, 0.1) is 12.0 Å². The van der Waals surface area contributed by atoms with E-state index in [1.54, 1.807) is 18.2 Å². The molecule has 0 aromatic heterocycles. The molecule has 0 spiro atoms. The summed E-state index contributed by atoms with van der Waals surface area (Å²) in [6, 6.07) is 6.43. The van der Waals surface area contributed by atoms with Crippen molar-refractivity contribution in [2.75, 3.05) is 6.54 Å². The Morgan fingerprint density at radius 3 is 2.65 bits per heavy atom. The molecule has 1 aliphatic carbocycles. The molecule has 20 heavy (non-hydrogen) atoms. The van der Waals surface area contributed by atoms with Crippen LogP contribution in [0.3, 0.4) is 0 Å². The largest absolute Gasteiger partial charge is 0.490 e.